The van der Waals surface area contributed by atoms with E-state index in [1.165, 1.54) is 4.68 Å². The number of aromatic nitrogens is 6. The van der Waals surface area contributed by atoms with Crippen molar-refractivity contribution in [2.24, 2.45) is 22.9 Å². The molecule has 23 heteroatoms. The van der Waals surface area contributed by atoms with Gasteiger partial charge in [-0.05, 0) is 123 Å². The van der Waals surface area contributed by atoms with Gasteiger partial charge in [0.2, 0.25) is 17.6 Å². The van der Waals surface area contributed by atoms with Crippen LogP contribution in [0.2, 0.25) is 0 Å². The molecular weight excluding hydrogens is 1190 g/mol. The molecule has 0 radical (unpaired) electrons. The zero-order valence-electron chi connectivity index (χ0n) is 50.1. The summed E-state index contributed by atoms with van der Waals surface area (Å²) < 4.78 is 4.70. The van der Waals surface area contributed by atoms with Gasteiger partial charge in [-0.25, -0.2) is 18.8 Å². The molecule has 3 aromatic heterocycles. The number of primary amides is 3. The van der Waals surface area contributed by atoms with E-state index in [1.54, 1.807) is 27.6 Å². The minimum Gasteiger partial charge on any atom is -0.477 e. The summed E-state index contributed by atoms with van der Waals surface area (Å²) in [5.74, 6) is -4.22. The van der Waals surface area contributed by atoms with Gasteiger partial charge < -0.3 is 48.9 Å². The van der Waals surface area contributed by atoms with Gasteiger partial charge in [-0.2, -0.15) is 15.3 Å². The first-order valence-electron chi connectivity index (χ1n) is 29.9. The summed E-state index contributed by atoms with van der Waals surface area (Å²) in [4.78, 5) is 83.7. The van der Waals surface area contributed by atoms with Crippen LogP contribution in [0.15, 0.2) is 200 Å². The van der Waals surface area contributed by atoms with Crippen molar-refractivity contribution in [3.05, 3.63) is 251 Å². The molecule has 3 aliphatic carbocycles. The van der Waals surface area contributed by atoms with E-state index in [9.17, 15) is 48.9 Å². The van der Waals surface area contributed by atoms with Crippen molar-refractivity contribution in [1.29, 1.82) is 0 Å². The smallest absolute Gasteiger partial charge is 0.354 e. The number of benzene rings is 6. The van der Waals surface area contributed by atoms with Crippen LogP contribution < -0.4 is 33.6 Å². The van der Waals surface area contributed by atoms with E-state index in [1.807, 2.05) is 182 Å². The van der Waals surface area contributed by atoms with Crippen molar-refractivity contribution < 1.29 is 48.9 Å². The molecule has 3 heterocycles. The minimum atomic E-state index is -1.51. The molecule has 476 valence electrons. The number of rotatable bonds is 23. The molecule has 22 nitrogen and oxygen atoms in total. The van der Waals surface area contributed by atoms with Crippen LogP contribution in [0.3, 0.4) is 0 Å². The average Bonchev–Trinajstić information content (AvgIpc) is 1.72. The number of carboxylic acid groups (broad SMARTS) is 1. The first-order valence-corrected chi connectivity index (χ1v) is 29.9. The minimum absolute atomic E-state index is 0. The van der Waals surface area contributed by atoms with Crippen LogP contribution in [0.4, 0.5) is 0 Å². The van der Waals surface area contributed by atoms with E-state index >= 15 is 0 Å². The largest absolute Gasteiger partial charge is 0.477 e. The van der Waals surface area contributed by atoms with Crippen molar-refractivity contribution in [1.82, 2.24) is 40.0 Å². The Bertz CT molecular complexity index is 3940. The number of amides is 5. The Hall–Kier alpha value is -10.4. The zero-order chi connectivity index (χ0) is 64.6. The third-order valence-corrected chi connectivity index (χ3v) is 15.3. The highest BCUT2D eigenvalue weighted by molar-refractivity contribution is 6.38. The number of nitrogens with one attached hydrogen (secondary N) is 2. The lowest BCUT2D eigenvalue weighted by atomic mass is 10.0. The first kappa shape index (κ1) is 67.5. The number of nitrogens with zero attached hydrogens (tertiary/aromatic N) is 6. The second-order valence-electron chi connectivity index (χ2n) is 22.5. The van der Waals surface area contributed by atoms with Crippen molar-refractivity contribution in [3.8, 4) is 17.1 Å². The highest BCUT2D eigenvalue weighted by atomic mass is 35.5. The molecule has 3 fully saturated rings. The molecule has 92 heavy (non-hydrogen) atoms. The topological polar surface area (TPSA) is 362 Å². The summed E-state index contributed by atoms with van der Waals surface area (Å²) in [6, 6.07) is 58.7. The molecule has 5 atom stereocenters. The van der Waals surface area contributed by atoms with E-state index < -0.39 is 71.6 Å². The Morgan fingerprint density at radius 2 is 0.761 bits per heavy atom. The van der Waals surface area contributed by atoms with Gasteiger partial charge >= 0.3 is 5.97 Å². The summed E-state index contributed by atoms with van der Waals surface area (Å²) in [6.45, 7) is 0. The van der Waals surface area contributed by atoms with E-state index in [-0.39, 0.29) is 30.9 Å². The standard InChI is InChI=1S/C23H24N4O3.C23H22N4O3.C13H12N2O2.C10H14N2O2.ClH/c2*24-22(29)21(28)19(13-15-7-3-1-4-8-15)25-23(30)20-14-18(16-11-12-16)26-27(20)17-9-5-2-6-10-17;16-13(17)12-8-11(9-6-7-9)14-15(12)10-4-2-1-3-5-10;11-8(9(13)10(12)14)6-7-4-2-1-3-5-7;/h1-10,14,16,19,21,28H,11-13H2,(H2,24,29)(H,25,30);1-10,14,16,19H,11-13H2,(H2,24,29)(H,25,30);1-5,8-9H,6-7H2,(H,16,17);1-5,8-9,13H,6,11H2,(H2,12,14);1H/t19-,21?;19-;;8-,9?;/m00.0./s1. The summed E-state index contributed by atoms with van der Waals surface area (Å²) in [7, 11) is 0. The molecule has 2 unspecified atom stereocenters. The fourth-order valence-electron chi connectivity index (χ4n) is 9.93. The Kier molecular flexibility index (Phi) is 23.4. The lowest BCUT2D eigenvalue weighted by molar-refractivity contribution is -0.137. The van der Waals surface area contributed by atoms with Crippen molar-refractivity contribution >= 4 is 53.7 Å². The zero-order valence-corrected chi connectivity index (χ0v) is 51.0. The van der Waals surface area contributed by atoms with Crippen LogP contribution in [0.5, 0.6) is 0 Å². The molecule has 6 aromatic carbocycles. The number of carbonyl (C=O) groups excluding carboxylic acids is 6. The molecule has 3 saturated carbocycles. The van der Waals surface area contributed by atoms with Gasteiger partial charge in [0.1, 0.15) is 23.5 Å². The summed E-state index contributed by atoms with van der Waals surface area (Å²) in [5, 5.41) is 47.9. The summed E-state index contributed by atoms with van der Waals surface area (Å²) in [6.07, 6.45) is 4.52. The highest BCUT2D eigenvalue weighted by Crippen LogP contribution is 2.41. The number of para-hydroxylation sites is 3. The van der Waals surface area contributed by atoms with Gasteiger partial charge in [0.25, 0.3) is 17.7 Å². The van der Waals surface area contributed by atoms with Gasteiger partial charge in [-0.3, -0.25) is 28.8 Å². The number of halogens is 1. The maximum atomic E-state index is 13.2. The van der Waals surface area contributed by atoms with Crippen LogP contribution in [0, 0.1) is 0 Å². The van der Waals surface area contributed by atoms with E-state index in [0.717, 1.165) is 89.4 Å². The maximum Gasteiger partial charge on any atom is 0.354 e. The molecule has 3 aliphatic rings. The van der Waals surface area contributed by atoms with Crippen LogP contribution in [-0.4, -0.2) is 116 Å². The Balaban J connectivity index is 0.000000165. The second kappa shape index (κ2) is 31.9. The van der Waals surface area contributed by atoms with E-state index in [4.69, 9.17) is 22.9 Å². The fraction of sp³-hybridized carbons (Fsp3) is 0.246. The van der Waals surface area contributed by atoms with E-state index in [0.29, 0.717) is 35.6 Å². The number of aromatic carboxylic acids is 1. The van der Waals surface area contributed by atoms with Crippen molar-refractivity contribution in [2.75, 3.05) is 0 Å². The Morgan fingerprint density at radius 1 is 0.446 bits per heavy atom. The number of Topliss-reactive ketones (excluding diaryl/α,β-unsaturated/α-hetero) is 1. The molecule has 0 aliphatic heterocycles. The SMILES string of the molecule is Cl.NC(=O)C(=O)[C@H](Cc1ccccc1)NC(=O)c1cc(C2CC2)nn1-c1ccccc1.NC(=O)C(O)[C@@H](N)Cc1ccccc1.NC(=O)C(O)[C@H](Cc1ccccc1)NC(=O)c1cc(C2CC2)nn1-c1ccccc1.O=C(O)c1cc(C2CC2)nn1-c1ccccc1. The second-order valence-corrected chi connectivity index (χ2v) is 22.5. The fourth-order valence-corrected chi connectivity index (χ4v) is 9.93. The van der Waals surface area contributed by atoms with Gasteiger partial charge in [-0.15, -0.1) is 12.4 Å². The Labute approximate surface area is 537 Å². The molecular formula is C69H73ClN12O10. The molecule has 0 spiro atoms. The van der Waals surface area contributed by atoms with Gasteiger partial charge in [0.05, 0.1) is 40.2 Å². The molecule has 13 N–H and O–H groups in total. The summed E-state index contributed by atoms with van der Waals surface area (Å²) >= 11 is 0. The number of hydrogen-bond acceptors (Lipinski definition) is 13. The van der Waals surface area contributed by atoms with Crippen molar-refractivity contribution in [3.63, 3.8) is 0 Å². The Morgan fingerprint density at radius 3 is 1.10 bits per heavy atom. The van der Waals surface area contributed by atoms with Crippen LogP contribution in [-0.2, 0) is 38.4 Å². The maximum absolute atomic E-state index is 13.2. The number of aliphatic hydroxyl groups is 2. The first-order chi connectivity index (χ1) is 43.9. The highest BCUT2D eigenvalue weighted by Gasteiger charge is 2.34. The number of ketones is 1. The molecule has 9 aromatic rings. The van der Waals surface area contributed by atoms with Crippen molar-refractivity contribution in [2.45, 2.75) is 106 Å². The van der Waals surface area contributed by atoms with Gasteiger partial charge in [0.15, 0.2) is 11.8 Å². The van der Waals surface area contributed by atoms with Gasteiger partial charge in [0, 0.05) is 30.2 Å². The third-order valence-electron chi connectivity index (χ3n) is 15.3. The summed E-state index contributed by atoms with van der Waals surface area (Å²) in [5.41, 5.74) is 29.6. The number of hydrogen-bond donors (Lipinski definition) is 9. The predicted molar refractivity (Wildman–Crippen MR) is 346 cm³/mol. The lowest BCUT2D eigenvalue weighted by Gasteiger charge is -2.22. The molecule has 0 saturated heterocycles. The number of carboxylic acids is 1. The number of aliphatic hydroxyl groups excluding tert-OH is 2. The third kappa shape index (κ3) is 18.6. The quantitative estimate of drug-likeness (QED) is 0.0315. The normalized spacial score (nSPS) is 14.6. The van der Waals surface area contributed by atoms with Crippen LogP contribution in [0.1, 0.15) is 122 Å². The lowest BCUT2D eigenvalue weighted by Crippen LogP contribution is -2.50. The number of carbonyl (C=O) groups is 7. The van der Waals surface area contributed by atoms with Crippen LogP contribution >= 0.6 is 12.4 Å². The number of nitrogens with two attached hydrogens (primary N) is 4. The molecule has 0 bridgehead atoms. The van der Waals surface area contributed by atoms with Gasteiger partial charge in [-0.1, -0.05) is 146 Å². The average molecular weight is 1270 g/mol. The predicted octanol–water partition coefficient (Wildman–Crippen LogP) is 6.35. The monoisotopic (exact) mass is 1260 g/mol. The molecule has 12 rings (SSSR count). The molecule has 5 amide bonds. The van der Waals surface area contributed by atoms with E-state index in [2.05, 4.69) is 25.9 Å². The van der Waals surface area contributed by atoms with Crippen LogP contribution in [0.25, 0.3) is 17.1 Å².